The number of nitrogens with zero attached hydrogens (tertiary/aromatic N) is 1. The summed E-state index contributed by atoms with van der Waals surface area (Å²) in [6.45, 7) is 1.31. The van der Waals surface area contributed by atoms with Crippen LogP contribution in [0.1, 0.15) is 35.7 Å². The number of hydrogen-bond acceptors (Lipinski definition) is 6. The van der Waals surface area contributed by atoms with Gasteiger partial charge in [0, 0.05) is 19.0 Å². The number of nitrogens with one attached hydrogen (secondary N) is 1. The molecule has 8 nitrogen and oxygen atoms in total. The highest BCUT2D eigenvalue weighted by molar-refractivity contribution is 7.87. The second-order valence-electron chi connectivity index (χ2n) is 5.77. The summed E-state index contributed by atoms with van der Waals surface area (Å²) < 4.78 is 42.1. The lowest BCUT2D eigenvalue weighted by Crippen LogP contribution is -2.52. The monoisotopic (exact) mass is 370 g/mol. The van der Waals surface area contributed by atoms with Crippen LogP contribution in [0.3, 0.4) is 0 Å². The smallest absolute Gasteiger partial charge is 0.308 e. The van der Waals surface area contributed by atoms with E-state index in [-0.39, 0.29) is 42.0 Å². The minimum atomic E-state index is -3.84. The van der Waals surface area contributed by atoms with E-state index in [9.17, 15) is 27.2 Å². The minimum Gasteiger partial charge on any atom is -0.382 e. The molecule has 1 atom stereocenters. The molecule has 1 fully saturated rings. The molecule has 1 unspecified atom stereocenters. The molecule has 25 heavy (non-hydrogen) atoms. The van der Waals surface area contributed by atoms with E-state index in [1.165, 1.54) is 17.9 Å². The Hall–Kier alpha value is -2.49. The van der Waals surface area contributed by atoms with Crippen molar-refractivity contribution in [3.8, 4) is 5.75 Å². The quantitative estimate of drug-likeness (QED) is 0.604. The van der Waals surface area contributed by atoms with Crippen LogP contribution < -0.4 is 9.50 Å². The molecular weight excluding hydrogens is 355 g/mol. The van der Waals surface area contributed by atoms with Crippen LogP contribution in [0.25, 0.3) is 0 Å². The fourth-order valence-electron chi connectivity index (χ4n) is 2.88. The molecule has 2 aliphatic heterocycles. The van der Waals surface area contributed by atoms with E-state index in [1.54, 1.807) is 0 Å². The maximum Gasteiger partial charge on any atom is 0.308 e. The average Bonchev–Trinajstić information content (AvgIpc) is 2.84. The van der Waals surface area contributed by atoms with E-state index < -0.39 is 39.7 Å². The highest BCUT2D eigenvalue weighted by atomic mass is 32.2. The third-order valence-electron chi connectivity index (χ3n) is 4.12. The van der Waals surface area contributed by atoms with Crippen molar-refractivity contribution in [1.29, 1.82) is 0 Å². The molecule has 1 aromatic carbocycles. The first kappa shape index (κ1) is 17.3. The van der Waals surface area contributed by atoms with Gasteiger partial charge in [-0.15, -0.1) is 0 Å². The largest absolute Gasteiger partial charge is 0.382 e. The highest BCUT2D eigenvalue weighted by Crippen LogP contribution is 2.32. The molecule has 3 amide bonds. The van der Waals surface area contributed by atoms with Gasteiger partial charge in [0.05, 0.1) is 11.3 Å². The zero-order valence-corrected chi connectivity index (χ0v) is 14.1. The van der Waals surface area contributed by atoms with Gasteiger partial charge in [0.2, 0.25) is 11.8 Å². The van der Waals surface area contributed by atoms with Crippen LogP contribution in [-0.4, -0.2) is 42.8 Å². The van der Waals surface area contributed by atoms with Crippen molar-refractivity contribution in [1.82, 2.24) is 10.2 Å². The molecule has 1 aromatic rings. The molecule has 0 aromatic heterocycles. The van der Waals surface area contributed by atoms with Gasteiger partial charge >= 0.3 is 10.1 Å². The van der Waals surface area contributed by atoms with Crippen LogP contribution in [0, 0.1) is 5.82 Å². The van der Waals surface area contributed by atoms with Crippen LogP contribution in [-0.2, 0) is 26.3 Å². The van der Waals surface area contributed by atoms with Crippen LogP contribution in [0.4, 0.5) is 4.39 Å². The second kappa shape index (κ2) is 6.10. The molecule has 2 aliphatic rings. The molecule has 10 heteroatoms. The van der Waals surface area contributed by atoms with Gasteiger partial charge in [-0.1, -0.05) is 0 Å². The summed E-state index contributed by atoms with van der Waals surface area (Å²) in [4.78, 5) is 36.8. The summed E-state index contributed by atoms with van der Waals surface area (Å²) in [7, 11) is -3.84. The topological polar surface area (TPSA) is 110 Å². The summed E-state index contributed by atoms with van der Waals surface area (Å²) in [6.07, 6.45) is 0.238. The second-order valence-corrected chi connectivity index (χ2v) is 7.63. The number of halogens is 1. The maximum absolute atomic E-state index is 14.3. The molecule has 2 heterocycles. The van der Waals surface area contributed by atoms with E-state index >= 15 is 0 Å². The molecule has 0 radical (unpaired) electrons. The van der Waals surface area contributed by atoms with Gasteiger partial charge in [-0.25, -0.2) is 4.39 Å². The Balaban J connectivity index is 1.89. The van der Waals surface area contributed by atoms with Crippen LogP contribution >= 0.6 is 0 Å². The molecule has 3 rings (SSSR count). The summed E-state index contributed by atoms with van der Waals surface area (Å²) >= 11 is 0. The SMILES string of the molecule is CCS(=O)(=O)Oc1cc(F)c2c(c1)CN(C1CCC(=O)NC1=O)C2=O. The Bertz CT molecular complexity index is 882. The first-order valence-electron chi connectivity index (χ1n) is 7.61. The molecule has 0 bridgehead atoms. The molecular formula is C15H15FN2O6S. The van der Waals surface area contributed by atoms with Gasteiger partial charge < -0.3 is 9.08 Å². The lowest BCUT2D eigenvalue weighted by molar-refractivity contribution is -0.136. The number of piperidine rings is 1. The zero-order chi connectivity index (χ0) is 18.4. The number of imide groups is 1. The standard InChI is InChI=1S/C15H15FN2O6S/c1-2-25(22,23)24-9-5-8-7-18(15(21)13(8)10(16)6-9)11-3-4-12(19)17-14(11)20/h5-6,11H,2-4,7H2,1H3,(H,17,19,20). The van der Waals surface area contributed by atoms with Gasteiger partial charge in [0.15, 0.2) is 0 Å². The van der Waals surface area contributed by atoms with E-state index in [4.69, 9.17) is 4.18 Å². The normalized spacial score (nSPS) is 20.5. The molecule has 0 saturated carbocycles. The van der Waals surface area contributed by atoms with Gasteiger partial charge in [-0.05, 0) is 25.0 Å². The van der Waals surface area contributed by atoms with Crippen molar-refractivity contribution in [2.45, 2.75) is 32.4 Å². The summed E-state index contributed by atoms with van der Waals surface area (Å²) in [5.74, 6) is -3.13. The third-order valence-corrected chi connectivity index (χ3v) is 5.28. The Morgan fingerprint density at radius 3 is 2.68 bits per heavy atom. The van der Waals surface area contributed by atoms with Gasteiger partial charge in [0.25, 0.3) is 5.91 Å². The van der Waals surface area contributed by atoms with E-state index in [2.05, 4.69) is 5.32 Å². The number of amides is 3. The highest BCUT2D eigenvalue weighted by Gasteiger charge is 2.40. The summed E-state index contributed by atoms with van der Waals surface area (Å²) in [5.41, 5.74) is 0.0157. The average molecular weight is 370 g/mol. The summed E-state index contributed by atoms with van der Waals surface area (Å²) in [6, 6.07) is 1.23. The Kier molecular flexibility index (Phi) is 4.23. The number of hydrogen-bond donors (Lipinski definition) is 1. The van der Waals surface area contributed by atoms with Gasteiger partial charge in [-0.2, -0.15) is 8.42 Å². The third kappa shape index (κ3) is 3.21. The van der Waals surface area contributed by atoms with Crippen molar-refractivity contribution in [2.24, 2.45) is 0 Å². The maximum atomic E-state index is 14.3. The number of rotatable bonds is 4. The van der Waals surface area contributed by atoms with Gasteiger partial charge in [-0.3, -0.25) is 19.7 Å². The lowest BCUT2D eigenvalue weighted by Gasteiger charge is -2.29. The summed E-state index contributed by atoms with van der Waals surface area (Å²) in [5, 5.41) is 2.15. The number of fused-ring (bicyclic) bond motifs is 1. The van der Waals surface area contributed by atoms with E-state index in [1.807, 2.05) is 0 Å². The van der Waals surface area contributed by atoms with Gasteiger partial charge in [0.1, 0.15) is 17.6 Å². The van der Waals surface area contributed by atoms with Crippen molar-refractivity contribution in [3.63, 3.8) is 0 Å². The molecule has 0 spiro atoms. The number of carbonyl (C=O) groups is 3. The first-order valence-corrected chi connectivity index (χ1v) is 9.19. The zero-order valence-electron chi connectivity index (χ0n) is 13.2. The van der Waals surface area contributed by atoms with Crippen molar-refractivity contribution >= 4 is 27.8 Å². The van der Waals surface area contributed by atoms with E-state index in [0.29, 0.717) is 0 Å². The Morgan fingerprint density at radius 1 is 1.32 bits per heavy atom. The number of benzene rings is 1. The van der Waals surface area contributed by atoms with Crippen molar-refractivity contribution in [3.05, 3.63) is 29.1 Å². The van der Waals surface area contributed by atoms with Crippen LogP contribution in [0.15, 0.2) is 12.1 Å². The van der Waals surface area contributed by atoms with E-state index in [0.717, 1.165) is 6.07 Å². The van der Waals surface area contributed by atoms with Crippen LogP contribution in [0.5, 0.6) is 5.75 Å². The van der Waals surface area contributed by atoms with Crippen molar-refractivity contribution in [2.75, 3.05) is 5.75 Å². The molecule has 1 saturated heterocycles. The molecule has 0 aliphatic carbocycles. The minimum absolute atomic E-state index is 0.0687. The predicted molar refractivity (Wildman–Crippen MR) is 82.5 cm³/mol. The fraction of sp³-hybridized carbons (Fsp3) is 0.400. The first-order chi connectivity index (χ1) is 11.7. The molecule has 1 N–H and O–H groups in total. The Morgan fingerprint density at radius 2 is 2.04 bits per heavy atom. The fourth-order valence-corrected chi connectivity index (χ4v) is 3.39. The van der Waals surface area contributed by atoms with Crippen molar-refractivity contribution < 1.29 is 31.4 Å². The van der Waals surface area contributed by atoms with Crippen LogP contribution in [0.2, 0.25) is 0 Å². The Labute approximate surface area is 143 Å². The molecule has 134 valence electrons. The number of carbonyl (C=O) groups excluding carboxylic acids is 3. The lowest BCUT2D eigenvalue weighted by atomic mass is 10.0. The predicted octanol–water partition coefficient (Wildman–Crippen LogP) is 0.315.